The summed E-state index contributed by atoms with van der Waals surface area (Å²) in [6.45, 7) is 4.94. The Morgan fingerprint density at radius 2 is 1.85 bits per heavy atom. The van der Waals surface area contributed by atoms with E-state index in [1.54, 1.807) is 13.8 Å². The van der Waals surface area contributed by atoms with Gasteiger partial charge in [0.05, 0.1) is 0 Å². The molecule has 0 aromatic heterocycles. The summed E-state index contributed by atoms with van der Waals surface area (Å²) in [7, 11) is 0. The van der Waals surface area contributed by atoms with Crippen molar-refractivity contribution in [3.63, 3.8) is 0 Å². The van der Waals surface area contributed by atoms with Crippen LogP contribution < -0.4 is 16.4 Å². The lowest BCUT2D eigenvalue weighted by Gasteiger charge is -2.23. The summed E-state index contributed by atoms with van der Waals surface area (Å²) in [6, 6.07) is -1.46. The molecular formula is C14H23N3O3. The van der Waals surface area contributed by atoms with Gasteiger partial charge in [-0.05, 0) is 18.8 Å². The SMILES string of the molecule is C#CCCC[C@H](NC(=O)[C@H](NC(C)=O)C(C)C)C(N)=O. The number of unbranched alkanes of at least 4 members (excludes halogenated alkanes) is 1. The van der Waals surface area contributed by atoms with E-state index in [1.807, 2.05) is 0 Å². The molecule has 6 heteroatoms. The molecule has 2 atom stereocenters. The Hall–Kier alpha value is -2.03. The maximum atomic E-state index is 12.1. The molecule has 0 rings (SSSR count). The molecule has 6 nitrogen and oxygen atoms in total. The van der Waals surface area contributed by atoms with Crippen LogP contribution in [-0.2, 0) is 14.4 Å². The number of primary amides is 1. The fourth-order valence-corrected chi connectivity index (χ4v) is 1.71. The van der Waals surface area contributed by atoms with Gasteiger partial charge in [-0.25, -0.2) is 0 Å². The second-order valence-electron chi connectivity index (χ2n) is 4.98. The molecule has 20 heavy (non-hydrogen) atoms. The summed E-state index contributed by atoms with van der Waals surface area (Å²) in [5, 5.41) is 5.12. The van der Waals surface area contributed by atoms with Gasteiger partial charge in [0.25, 0.3) is 0 Å². The van der Waals surface area contributed by atoms with E-state index in [9.17, 15) is 14.4 Å². The molecule has 0 aliphatic rings. The van der Waals surface area contributed by atoms with Crippen LogP contribution in [0.4, 0.5) is 0 Å². The number of carbonyl (C=O) groups is 3. The third-order valence-electron chi connectivity index (χ3n) is 2.78. The zero-order valence-electron chi connectivity index (χ0n) is 12.2. The van der Waals surface area contributed by atoms with Gasteiger partial charge in [0.2, 0.25) is 17.7 Å². The average molecular weight is 281 g/mol. The van der Waals surface area contributed by atoms with Crippen molar-refractivity contribution in [2.75, 3.05) is 0 Å². The van der Waals surface area contributed by atoms with Crippen molar-refractivity contribution in [2.45, 2.75) is 52.1 Å². The fourth-order valence-electron chi connectivity index (χ4n) is 1.71. The van der Waals surface area contributed by atoms with Gasteiger partial charge in [-0.2, -0.15) is 0 Å². The summed E-state index contributed by atoms with van der Waals surface area (Å²) in [6.07, 6.45) is 6.63. The lowest BCUT2D eigenvalue weighted by atomic mass is 10.0. The molecule has 0 fully saturated rings. The summed E-state index contributed by atoms with van der Waals surface area (Å²) < 4.78 is 0. The van der Waals surface area contributed by atoms with E-state index in [0.29, 0.717) is 19.3 Å². The first kappa shape index (κ1) is 18.0. The van der Waals surface area contributed by atoms with Gasteiger partial charge in [0, 0.05) is 13.3 Å². The van der Waals surface area contributed by atoms with Gasteiger partial charge in [-0.3, -0.25) is 14.4 Å². The minimum Gasteiger partial charge on any atom is -0.368 e. The van der Waals surface area contributed by atoms with E-state index in [-0.39, 0.29) is 11.8 Å². The molecule has 112 valence electrons. The van der Waals surface area contributed by atoms with Crippen molar-refractivity contribution < 1.29 is 14.4 Å². The third kappa shape index (κ3) is 6.78. The van der Waals surface area contributed by atoms with Gasteiger partial charge >= 0.3 is 0 Å². The largest absolute Gasteiger partial charge is 0.368 e. The van der Waals surface area contributed by atoms with Crippen molar-refractivity contribution in [3.05, 3.63) is 0 Å². The molecule has 0 heterocycles. The van der Waals surface area contributed by atoms with Crippen LogP contribution in [0.25, 0.3) is 0 Å². The predicted molar refractivity (Wildman–Crippen MR) is 76.3 cm³/mol. The van der Waals surface area contributed by atoms with Gasteiger partial charge in [-0.1, -0.05) is 13.8 Å². The summed E-state index contributed by atoms with van der Waals surface area (Å²) in [4.78, 5) is 34.5. The van der Waals surface area contributed by atoms with E-state index in [4.69, 9.17) is 12.2 Å². The highest BCUT2D eigenvalue weighted by atomic mass is 16.2. The van der Waals surface area contributed by atoms with Gasteiger partial charge in [0.1, 0.15) is 12.1 Å². The number of terminal acetylenes is 1. The first-order chi connectivity index (χ1) is 9.29. The van der Waals surface area contributed by atoms with E-state index < -0.39 is 23.9 Å². The van der Waals surface area contributed by atoms with Crippen molar-refractivity contribution in [2.24, 2.45) is 11.7 Å². The van der Waals surface area contributed by atoms with Crippen molar-refractivity contribution in [1.82, 2.24) is 10.6 Å². The Bertz CT molecular complexity index is 399. The summed E-state index contributed by atoms with van der Waals surface area (Å²) in [5.74, 6) is 1.03. The monoisotopic (exact) mass is 281 g/mol. The summed E-state index contributed by atoms with van der Waals surface area (Å²) in [5.41, 5.74) is 5.25. The molecule has 0 aromatic rings. The van der Waals surface area contributed by atoms with Crippen LogP contribution in [0.2, 0.25) is 0 Å². The highest BCUT2D eigenvalue weighted by Gasteiger charge is 2.26. The van der Waals surface area contributed by atoms with Crippen molar-refractivity contribution in [3.8, 4) is 12.3 Å². The Labute approximate surface area is 119 Å². The number of rotatable bonds is 8. The lowest BCUT2D eigenvalue weighted by Crippen LogP contribution is -2.54. The van der Waals surface area contributed by atoms with Crippen LogP contribution in [0.15, 0.2) is 0 Å². The van der Waals surface area contributed by atoms with Crippen LogP contribution in [-0.4, -0.2) is 29.8 Å². The molecule has 0 unspecified atom stereocenters. The normalized spacial score (nSPS) is 13.2. The molecule has 0 aromatic carbocycles. The Morgan fingerprint density at radius 1 is 1.25 bits per heavy atom. The van der Waals surface area contributed by atoms with Crippen LogP contribution in [0.5, 0.6) is 0 Å². The van der Waals surface area contributed by atoms with Gasteiger partial charge in [0.15, 0.2) is 0 Å². The highest BCUT2D eigenvalue weighted by molar-refractivity contribution is 5.91. The molecule has 0 saturated carbocycles. The molecule has 0 radical (unpaired) electrons. The van der Waals surface area contributed by atoms with Crippen LogP contribution >= 0.6 is 0 Å². The molecule has 4 N–H and O–H groups in total. The Morgan fingerprint density at radius 3 is 2.25 bits per heavy atom. The number of amides is 3. The molecule has 0 aliphatic heterocycles. The van der Waals surface area contributed by atoms with Crippen molar-refractivity contribution in [1.29, 1.82) is 0 Å². The Kier molecular flexibility index (Phi) is 8.06. The first-order valence-corrected chi connectivity index (χ1v) is 6.59. The third-order valence-corrected chi connectivity index (χ3v) is 2.78. The quantitative estimate of drug-likeness (QED) is 0.428. The molecule has 0 bridgehead atoms. The highest BCUT2D eigenvalue weighted by Crippen LogP contribution is 2.05. The molecule has 0 spiro atoms. The number of hydrogen-bond acceptors (Lipinski definition) is 3. The molecular weight excluding hydrogens is 258 g/mol. The number of nitrogens with two attached hydrogens (primary N) is 1. The van der Waals surface area contributed by atoms with E-state index in [1.165, 1.54) is 6.92 Å². The zero-order valence-corrected chi connectivity index (χ0v) is 12.2. The van der Waals surface area contributed by atoms with E-state index >= 15 is 0 Å². The second kappa shape index (κ2) is 8.97. The fraction of sp³-hybridized carbons (Fsp3) is 0.643. The summed E-state index contributed by atoms with van der Waals surface area (Å²) >= 11 is 0. The van der Waals surface area contributed by atoms with Crippen LogP contribution in [0.1, 0.15) is 40.0 Å². The predicted octanol–water partition coefficient (Wildman–Crippen LogP) is -0.0793. The van der Waals surface area contributed by atoms with Crippen LogP contribution in [0.3, 0.4) is 0 Å². The molecule has 3 amide bonds. The standard InChI is InChI=1S/C14H23N3O3/c1-5-6-7-8-11(13(15)19)17-14(20)12(9(2)3)16-10(4)18/h1,9,11-12H,6-8H2,2-4H3,(H2,15,19)(H,16,18)(H,17,20)/t11-,12+/m0/s1. The van der Waals surface area contributed by atoms with Gasteiger partial charge < -0.3 is 16.4 Å². The second-order valence-corrected chi connectivity index (χ2v) is 4.98. The van der Waals surface area contributed by atoms with E-state index in [2.05, 4.69) is 16.6 Å². The lowest BCUT2D eigenvalue weighted by molar-refractivity contribution is -0.131. The van der Waals surface area contributed by atoms with Gasteiger partial charge in [-0.15, -0.1) is 12.3 Å². The zero-order chi connectivity index (χ0) is 15.7. The molecule has 0 saturated heterocycles. The topological polar surface area (TPSA) is 101 Å². The molecule has 0 aliphatic carbocycles. The van der Waals surface area contributed by atoms with Crippen LogP contribution in [0, 0.1) is 18.3 Å². The smallest absolute Gasteiger partial charge is 0.243 e. The minimum atomic E-state index is -0.772. The van der Waals surface area contributed by atoms with Crippen molar-refractivity contribution >= 4 is 17.7 Å². The Balaban J connectivity index is 4.66. The number of hydrogen-bond donors (Lipinski definition) is 3. The van der Waals surface area contributed by atoms with E-state index in [0.717, 1.165) is 0 Å². The number of nitrogens with one attached hydrogen (secondary N) is 2. The maximum absolute atomic E-state index is 12.1. The number of carbonyl (C=O) groups excluding carboxylic acids is 3. The maximum Gasteiger partial charge on any atom is 0.243 e. The first-order valence-electron chi connectivity index (χ1n) is 6.59. The average Bonchev–Trinajstić information content (AvgIpc) is 2.33. The minimum absolute atomic E-state index is 0.0989.